The molecule has 0 radical (unpaired) electrons. The molecule has 1 aromatic carbocycles. The first kappa shape index (κ1) is 14.2. The minimum Gasteiger partial charge on any atom is -0.366 e. The Morgan fingerprint density at radius 1 is 1.35 bits per heavy atom. The van der Waals surface area contributed by atoms with Gasteiger partial charge in [0.2, 0.25) is 5.91 Å². The van der Waals surface area contributed by atoms with Gasteiger partial charge in [-0.25, -0.2) is 0 Å². The van der Waals surface area contributed by atoms with Gasteiger partial charge in [0, 0.05) is 27.8 Å². The first-order chi connectivity index (χ1) is 9.54. The Morgan fingerprint density at radius 3 is 2.55 bits per heavy atom. The number of halogens is 1. The third kappa shape index (κ3) is 2.69. The molecule has 3 rings (SSSR count). The fourth-order valence-electron chi connectivity index (χ4n) is 3.39. The molecule has 2 bridgehead atoms. The highest BCUT2D eigenvalue weighted by molar-refractivity contribution is 8.00. The molecule has 2 fully saturated rings. The van der Waals surface area contributed by atoms with Gasteiger partial charge in [-0.2, -0.15) is 0 Å². The number of benzene rings is 1. The van der Waals surface area contributed by atoms with Crippen LogP contribution in [-0.4, -0.2) is 35.2 Å². The maximum absolute atomic E-state index is 11.1. The Labute approximate surface area is 128 Å². The first-order valence-electron chi connectivity index (χ1n) is 7.02. The van der Waals surface area contributed by atoms with Crippen molar-refractivity contribution in [1.29, 1.82) is 0 Å². The van der Waals surface area contributed by atoms with Crippen LogP contribution in [0, 0.1) is 0 Å². The third-order valence-electron chi connectivity index (χ3n) is 4.57. The van der Waals surface area contributed by atoms with E-state index in [4.69, 9.17) is 17.3 Å². The Balaban J connectivity index is 1.71. The normalized spacial score (nSPS) is 29.6. The summed E-state index contributed by atoms with van der Waals surface area (Å²) in [6, 6.07) is 6.83. The van der Waals surface area contributed by atoms with Crippen LogP contribution in [-0.2, 0) is 0 Å². The molecule has 0 aromatic heterocycles. The lowest BCUT2D eigenvalue weighted by Crippen LogP contribution is -2.40. The molecule has 2 heterocycles. The van der Waals surface area contributed by atoms with Crippen molar-refractivity contribution in [3.05, 3.63) is 28.8 Å². The highest BCUT2D eigenvalue weighted by Crippen LogP contribution is 2.42. The fraction of sp³-hybridized carbons (Fsp3) is 0.533. The van der Waals surface area contributed by atoms with Crippen molar-refractivity contribution in [2.45, 2.75) is 47.9 Å². The molecule has 108 valence electrons. The number of carbonyl (C=O) groups is 1. The quantitative estimate of drug-likeness (QED) is 0.933. The van der Waals surface area contributed by atoms with Crippen LogP contribution in [0.3, 0.4) is 0 Å². The van der Waals surface area contributed by atoms with E-state index in [-0.39, 0.29) is 0 Å². The molecule has 3 nitrogen and oxygen atoms in total. The van der Waals surface area contributed by atoms with E-state index < -0.39 is 5.91 Å². The van der Waals surface area contributed by atoms with E-state index in [9.17, 15) is 4.79 Å². The van der Waals surface area contributed by atoms with Gasteiger partial charge in [0.25, 0.3) is 0 Å². The second-order valence-electron chi connectivity index (χ2n) is 5.77. The average molecular weight is 311 g/mol. The van der Waals surface area contributed by atoms with E-state index in [1.165, 1.54) is 25.7 Å². The van der Waals surface area contributed by atoms with Crippen LogP contribution >= 0.6 is 23.4 Å². The molecule has 1 aromatic rings. The number of nitrogens with two attached hydrogens (primary N) is 1. The maximum Gasteiger partial charge on any atom is 0.248 e. The number of thioether (sulfide) groups is 1. The number of amides is 1. The molecule has 0 aliphatic carbocycles. The minimum absolute atomic E-state index is 0.430. The molecule has 2 atom stereocenters. The summed E-state index contributed by atoms with van der Waals surface area (Å²) in [4.78, 5) is 14.7. The van der Waals surface area contributed by atoms with Crippen LogP contribution in [0.1, 0.15) is 36.0 Å². The van der Waals surface area contributed by atoms with Crippen LogP contribution in [0.15, 0.2) is 23.1 Å². The zero-order valence-corrected chi connectivity index (χ0v) is 13.1. The third-order valence-corrected chi connectivity index (χ3v) is 6.32. The van der Waals surface area contributed by atoms with Crippen molar-refractivity contribution in [2.24, 2.45) is 5.73 Å². The number of nitrogens with zero attached hydrogens (tertiary/aromatic N) is 1. The van der Waals surface area contributed by atoms with Gasteiger partial charge in [0.05, 0.1) is 5.02 Å². The van der Waals surface area contributed by atoms with Crippen molar-refractivity contribution >= 4 is 29.3 Å². The number of rotatable bonds is 3. The molecule has 20 heavy (non-hydrogen) atoms. The molecule has 2 aliphatic heterocycles. The van der Waals surface area contributed by atoms with Gasteiger partial charge >= 0.3 is 0 Å². The molecule has 2 N–H and O–H groups in total. The summed E-state index contributed by atoms with van der Waals surface area (Å²) in [5, 5.41) is 1.26. The van der Waals surface area contributed by atoms with E-state index in [2.05, 4.69) is 11.9 Å². The van der Waals surface area contributed by atoms with Gasteiger partial charge in [0.15, 0.2) is 0 Å². The predicted molar refractivity (Wildman–Crippen MR) is 83.4 cm³/mol. The van der Waals surface area contributed by atoms with Crippen LogP contribution in [0.25, 0.3) is 0 Å². The Morgan fingerprint density at radius 2 is 2.00 bits per heavy atom. The molecular weight excluding hydrogens is 292 g/mol. The number of primary amides is 1. The summed E-state index contributed by atoms with van der Waals surface area (Å²) < 4.78 is 0. The average Bonchev–Trinajstić information content (AvgIpc) is 2.64. The SMILES string of the molecule is CN1C2CCC1CC(Sc1ccc(C(N)=O)cc1Cl)C2. The van der Waals surface area contributed by atoms with Crippen LogP contribution in [0.5, 0.6) is 0 Å². The Bertz CT molecular complexity index is 523. The smallest absolute Gasteiger partial charge is 0.248 e. The summed E-state index contributed by atoms with van der Waals surface area (Å²) in [5.74, 6) is -0.430. The van der Waals surface area contributed by atoms with Crippen LogP contribution < -0.4 is 5.73 Å². The van der Waals surface area contributed by atoms with Gasteiger partial charge in [-0.3, -0.25) is 4.79 Å². The van der Waals surface area contributed by atoms with Crippen LogP contribution in [0.2, 0.25) is 5.02 Å². The van der Waals surface area contributed by atoms with E-state index in [1.54, 1.807) is 12.1 Å². The predicted octanol–water partition coefficient (Wildman–Crippen LogP) is 3.16. The number of hydrogen-bond acceptors (Lipinski definition) is 3. The number of piperidine rings is 1. The monoisotopic (exact) mass is 310 g/mol. The van der Waals surface area contributed by atoms with E-state index in [1.807, 2.05) is 17.8 Å². The summed E-state index contributed by atoms with van der Waals surface area (Å²) in [7, 11) is 2.25. The summed E-state index contributed by atoms with van der Waals surface area (Å²) >= 11 is 8.12. The molecular formula is C15H19ClN2OS. The van der Waals surface area contributed by atoms with Crippen molar-refractivity contribution in [1.82, 2.24) is 4.90 Å². The van der Waals surface area contributed by atoms with E-state index in [0.29, 0.717) is 15.8 Å². The zero-order chi connectivity index (χ0) is 14.3. The summed E-state index contributed by atoms with van der Waals surface area (Å²) in [6.45, 7) is 0. The zero-order valence-electron chi connectivity index (χ0n) is 11.5. The van der Waals surface area contributed by atoms with Gasteiger partial charge in [-0.1, -0.05) is 11.6 Å². The lowest BCUT2D eigenvalue weighted by molar-refractivity contribution is 0.1000. The van der Waals surface area contributed by atoms with Gasteiger partial charge in [0.1, 0.15) is 0 Å². The molecule has 2 saturated heterocycles. The first-order valence-corrected chi connectivity index (χ1v) is 8.28. The topological polar surface area (TPSA) is 46.3 Å². The molecule has 0 spiro atoms. The second-order valence-corrected chi connectivity index (χ2v) is 7.52. The lowest BCUT2D eigenvalue weighted by atomic mass is 10.0. The number of fused-ring (bicyclic) bond motifs is 2. The largest absolute Gasteiger partial charge is 0.366 e. The second kappa shape index (κ2) is 5.58. The lowest BCUT2D eigenvalue weighted by Gasteiger charge is -2.36. The molecule has 2 unspecified atom stereocenters. The molecule has 1 amide bonds. The van der Waals surface area contributed by atoms with Crippen molar-refractivity contribution in [3.63, 3.8) is 0 Å². The van der Waals surface area contributed by atoms with Gasteiger partial charge in [-0.05, 0) is 50.9 Å². The minimum atomic E-state index is -0.430. The maximum atomic E-state index is 11.1. The molecule has 0 saturated carbocycles. The Hall–Kier alpha value is -0.710. The highest BCUT2D eigenvalue weighted by atomic mass is 35.5. The summed E-state index contributed by atoms with van der Waals surface area (Å²) in [5.41, 5.74) is 5.74. The van der Waals surface area contributed by atoms with Crippen LogP contribution in [0.4, 0.5) is 0 Å². The Kier molecular flexibility index (Phi) is 3.98. The van der Waals surface area contributed by atoms with Crippen molar-refractivity contribution in [2.75, 3.05) is 7.05 Å². The number of hydrogen-bond donors (Lipinski definition) is 1. The number of carbonyl (C=O) groups excluding carboxylic acids is 1. The van der Waals surface area contributed by atoms with Crippen molar-refractivity contribution < 1.29 is 4.79 Å². The standard InChI is InChI=1S/C15H19ClN2OS/c1-18-10-3-4-11(18)8-12(7-10)20-14-5-2-9(15(17)19)6-13(14)16/h2,5-6,10-12H,3-4,7-8H2,1H3,(H2,17,19). The summed E-state index contributed by atoms with van der Waals surface area (Å²) in [6.07, 6.45) is 5.11. The molecule has 5 heteroatoms. The van der Waals surface area contributed by atoms with E-state index >= 15 is 0 Å². The van der Waals surface area contributed by atoms with Crippen molar-refractivity contribution in [3.8, 4) is 0 Å². The van der Waals surface area contributed by atoms with E-state index in [0.717, 1.165) is 17.0 Å². The molecule has 2 aliphatic rings. The fourth-order valence-corrected chi connectivity index (χ4v) is 5.02. The van der Waals surface area contributed by atoms with Gasteiger partial charge in [-0.15, -0.1) is 11.8 Å². The highest BCUT2D eigenvalue weighted by Gasteiger charge is 2.38. The van der Waals surface area contributed by atoms with Gasteiger partial charge < -0.3 is 10.6 Å².